The van der Waals surface area contributed by atoms with Gasteiger partial charge in [-0.2, -0.15) is 5.10 Å². The monoisotopic (exact) mass is 284 g/mol. The molecule has 0 amide bonds. The summed E-state index contributed by atoms with van der Waals surface area (Å²) in [5, 5.41) is 15.6. The molecule has 0 saturated heterocycles. The zero-order chi connectivity index (χ0) is 15.2. The van der Waals surface area contributed by atoms with Gasteiger partial charge in [0, 0.05) is 24.3 Å². The molecule has 0 unspecified atom stereocenters. The Kier molecular flexibility index (Phi) is 3.10. The van der Waals surface area contributed by atoms with Crippen LogP contribution < -0.4 is 0 Å². The SMILES string of the molecule is Cc1nc(-c2ccc3ccn(C)c3c2)n(CC(C)(C)O)n1. The molecule has 21 heavy (non-hydrogen) atoms. The molecule has 0 spiro atoms. The zero-order valence-electron chi connectivity index (χ0n) is 12.8. The first-order chi connectivity index (χ1) is 9.83. The van der Waals surface area contributed by atoms with Gasteiger partial charge >= 0.3 is 0 Å². The highest BCUT2D eigenvalue weighted by Gasteiger charge is 2.19. The van der Waals surface area contributed by atoms with E-state index in [1.165, 1.54) is 5.39 Å². The third-order valence-electron chi connectivity index (χ3n) is 3.46. The number of nitrogens with zero attached hydrogens (tertiary/aromatic N) is 4. The molecule has 0 bridgehead atoms. The maximum atomic E-state index is 10.0. The first-order valence-corrected chi connectivity index (χ1v) is 7.03. The highest BCUT2D eigenvalue weighted by atomic mass is 16.3. The minimum Gasteiger partial charge on any atom is -0.389 e. The second-order valence-corrected chi connectivity index (χ2v) is 6.15. The first kappa shape index (κ1) is 13.8. The topological polar surface area (TPSA) is 55.9 Å². The Morgan fingerprint density at radius 2 is 2.00 bits per heavy atom. The molecule has 5 nitrogen and oxygen atoms in total. The molecule has 3 rings (SSSR count). The summed E-state index contributed by atoms with van der Waals surface area (Å²) >= 11 is 0. The molecular formula is C16H20N4O. The van der Waals surface area contributed by atoms with Gasteiger partial charge < -0.3 is 9.67 Å². The lowest BCUT2D eigenvalue weighted by Crippen LogP contribution is -2.27. The van der Waals surface area contributed by atoms with Crippen molar-refractivity contribution in [2.45, 2.75) is 32.9 Å². The number of aliphatic hydroxyl groups is 1. The molecule has 1 aromatic carbocycles. The van der Waals surface area contributed by atoms with Gasteiger partial charge in [-0.3, -0.25) is 0 Å². The van der Waals surface area contributed by atoms with Gasteiger partial charge in [0.2, 0.25) is 0 Å². The van der Waals surface area contributed by atoms with Crippen molar-refractivity contribution in [3.8, 4) is 11.4 Å². The number of hydrogen-bond acceptors (Lipinski definition) is 3. The lowest BCUT2D eigenvalue weighted by Gasteiger charge is -2.18. The third-order valence-corrected chi connectivity index (χ3v) is 3.46. The Labute approximate surface area is 123 Å². The van der Waals surface area contributed by atoms with Crippen molar-refractivity contribution in [2.24, 2.45) is 7.05 Å². The van der Waals surface area contributed by atoms with Gasteiger partial charge in [-0.1, -0.05) is 12.1 Å². The van der Waals surface area contributed by atoms with Crippen LogP contribution in [0, 0.1) is 6.92 Å². The number of aromatic nitrogens is 4. The smallest absolute Gasteiger partial charge is 0.158 e. The largest absolute Gasteiger partial charge is 0.389 e. The Morgan fingerprint density at radius 1 is 1.24 bits per heavy atom. The molecule has 2 aromatic heterocycles. The van der Waals surface area contributed by atoms with E-state index in [0.29, 0.717) is 12.4 Å². The molecule has 5 heteroatoms. The van der Waals surface area contributed by atoms with E-state index >= 15 is 0 Å². The lowest BCUT2D eigenvalue weighted by atomic mass is 10.1. The maximum Gasteiger partial charge on any atom is 0.158 e. The molecule has 0 saturated carbocycles. The van der Waals surface area contributed by atoms with Crippen LogP contribution in [0.15, 0.2) is 30.5 Å². The Hall–Kier alpha value is -2.14. The van der Waals surface area contributed by atoms with Crippen LogP contribution in [0.3, 0.4) is 0 Å². The van der Waals surface area contributed by atoms with Crippen LogP contribution in [0.2, 0.25) is 0 Å². The van der Waals surface area contributed by atoms with Crippen molar-refractivity contribution < 1.29 is 5.11 Å². The minimum absolute atomic E-state index is 0.411. The zero-order valence-corrected chi connectivity index (χ0v) is 12.8. The van der Waals surface area contributed by atoms with Crippen LogP contribution in [0.1, 0.15) is 19.7 Å². The molecule has 2 heterocycles. The van der Waals surface area contributed by atoms with Crippen LogP contribution in [-0.4, -0.2) is 30.0 Å². The summed E-state index contributed by atoms with van der Waals surface area (Å²) in [6.07, 6.45) is 2.04. The summed E-state index contributed by atoms with van der Waals surface area (Å²) in [4.78, 5) is 4.52. The van der Waals surface area contributed by atoms with Crippen molar-refractivity contribution in [3.05, 3.63) is 36.3 Å². The lowest BCUT2D eigenvalue weighted by molar-refractivity contribution is 0.0581. The standard InChI is InChI=1S/C16H20N4O/c1-11-17-15(20(18-11)10-16(2,3)21)13-6-5-12-7-8-19(4)14(12)9-13/h5-9,21H,10H2,1-4H3. The van der Waals surface area contributed by atoms with E-state index in [4.69, 9.17) is 0 Å². The summed E-state index contributed by atoms with van der Waals surface area (Å²) in [6, 6.07) is 8.33. The van der Waals surface area contributed by atoms with E-state index in [0.717, 1.165) is 16.9 Å². The number of benzene rings is 1. The summed E-state index contributed by atoms with van der Waals surface area (Å²) in [5.74, 6) is 1.50. The second-order valence-electron chi connectivity index (χ2n) is 6.15. The normalized spacial score (nSPS) is 12.2. The van der Waals surface area contributed by atoms with E-state index in [1.54, 1.807) is 18.5 Å². The van der Waals surface area contributed by atoms with Gasteiger partial charge in [0.1, 0.15) is 5.82 Å². The molecule has 0 aliphatic carbocycles. The summed E-state index contributed by atoms with van der Waals surface area (Å²) in [7, 11) is 2.03. The average Bonchev–Trinajstić information content (AvgIpc) is 2.91. The van der Waals surface area contributed by atoms with Crippen molar-refractivity contribution in [2.75, 3.05) is 0 Å². The van der Waals surface area contributed by atoms with E-state index in [-0.39, 0.29) is 0 Å². The van der Waals surface area contributed by atoms with E-state index < -0.39 is 5.60 Å². The number of aryl methyl sites for hydroxylation is 2. The molecule has 0 aliphatic rings. The predicted molar refractivity (Wildman–Crippen MR) is 83.0 cm³/mol. The molecule has 0 radical (unpaired) electrons. The van der Waals surface area contributed by atoms with Crippen LogP contribution in [0.25, 0.3) is 22.3 Å². The van der Waals surface area contributed by atoms with Gasteiger partial charge in [0.15, 0.2) is 5.82 Å². The fraction of sp³-hybridized carbons (Fsp3) is 0.375. The summed E-state index contributed by atoms with van der Waals surface area (Å²) in [6.45, 7) is 5.82. The highest BCUT2D eigenvalue weighted by molar-refractivity contribution is 5.84. The van der Waals surface area contributed by atoms with Crippen LogP contribution in [0.5, 0.6) is 0 Å². The number of hydrogen-bond donors (Lipinski definition) is 1. The van der Waals surface area contributed by atoms with Gasteiger partial charge in [-0.05, 0) is 38.3 Å². The molecule has 1 N–H and O–H groups in total. The van der Waals surface area contributed by atoms with Gasteiger partial charge in [-0.15, -0.1) is 0 Å². The molecule has 3 aromatic rings. The Balaban J connectivity index is 2.11. The molecule has 110 valence electrons. The maximum absolute atomic E-state index is 10.0. The van der Waals surface area contributed by atoms with Gasteiger partial charge in [-0.25, -0.2) is 9.67 Å². The second kappa shape index (κ2) is 4.70. The fourth-order valence-electron chi connectivity index (χ4n) is 2.55. The molecule has 0 fully saturated rings. The van der Waals surface area contributed by atoms with E-state index in [2.05, 4.69) is 32.8 Å². The van der Waals surface area contributed by atoms with E-state index in [9.17, 15) is 5.11 Å². The minimum atomic E-state index is -0.829. The van der Waals surface area contributed by atoms with Gasteiger partial charge in [0.25, 0.3) is 0 Å². The van der Waals surface area contributed by atoms with E-state index in [1.807, 2.05) is 26.2 Å². The summed E-state index contributed by atoms with van der Waals surface area (Å²) < 4.78 is 3.86. The van der Waals surface area contributed by atoms with Crippen LogP contribution in [-0.2, 0) is 13.6 Å². The predicted octanol–water partition coefficient (Wildman–Crippen LogP) is 2.52. The Morgan fingerprint density at radius 3 is 2.71 bits per heavy atom. The van der Waals surface area contributed by atoms with Gasteiger partial charge in [0.05, 0.1) is 12.1 Å². The van der Waals surface area contributed by atoms with Crippen LogP contribution in [0.4, 0.5) is 0 Å². The number of fused-ring (bicyclic) bond motifs is 1. The highest BCUT2D eigenvalue weighted by Crippen LogP contribution is 2.24. The number of rotatable bonds is 3. The molecule has 0 aliphatic heterocycles. The van der Waals surface area contributed by atoms with Crippen LogP contribution >= 0.6 is 0 Å². The third kappa shape index (κ3) is 2.69. The first-order valence-electron chi connectivity index (χ1n) is 7.03. The Bertz CT molecular complexity index is 792. The van der Waals surface area contributed by atoms with Crippen molar-refractivity contribution in [1.82, 2.24) is 19.3 Å². The average molecular weight is 284 g/mol. The van der Waals surface area contributed by atoms with Crippen molar-refractivity contribution in [3.63, 3.8) is 0 Å². The molecular weight excluding hydrogens is 264 g/mol. The fourth-order valence-corrected chi connectivity index (χ4v) is 2.55. The van der Waals surface area contributed by atoms with Crippen molar-refractivity contribution >= 4 is 10.9 Å². The summed E-state index contributed by atoms with van der Waals surface area (Å²) in [5.41, 5.74) is 1.33. The van der Waals surface area contributed by atoms with Crippen molar-refractivity contribution in [1.29, 1.82) is 0 Å². The quantitative estimate of drug-likeness (QED) is 0.804. The molecule has 0 atom stereocenters.